The van der Waals surface area contributed by atoms with Crippen LogP contribution in [0.15, 0.2) is 58.1 Å². The van der Waals surface area contributed by atoms with E-state index in [0.717, 1.165) is 15.8 Å². The number of halogens is 1. The molecule has 6 heteroatoms. The molecule has 1 amide bonds. The third kappa shape index (κ3) is 5.70. The number of nitrogens with one attached hydrogen (secondary N) is 1. The smallest absolute Gasteiger partial charge is 0.277 e. The fourth-order valence-corrected chi connectivity index (χ4v) is 2.29. The van der Waals surface area contributed by atoms with Gasteiger partial charge in [-0.15, -0.1) is 0 Å². The number of carbonyl (C=O) groups is 1. The Morgan fingerprint density at radius 1 is 1.12 bits per heavy atom. The van der Waals surface area contributed by atoms with Crippen LogP contribution in [0.3, 0.4) is 0 Å². The first-order chi connectivity index (χ1) is 11.6. The zero-order valence-corrected chi connectivity index (χ0v) is 15.2. The van der Waals surface area contributed by atoms with Crippen LogP contribution in [0.5, 0.6) is 11.5 Å². The van der Waals surface area contributed by atoms with E-state index in [4.69, 9.17) is 9.47 Å². The molecule has 24 heavy (non-hydrogen) atoms. The van der Waals surface area contributed by atoms with Crippen molar-refractivity contribution in [3.8, 4) is 11.5 Å². The highest BCUT2D eigenvalue weighted by molar-refractivity contribution is 9.10. The monoisotopic (exact) mass is 390 g/mol. The second kappa shape index (κ2) is 9.08. The van der Waals surface area contributed by atoms with Crippen LogP contribution in [-0.2, 0) is 4.79 Å². The van der Waals surface area contributed by atoms with Crippen LogP contribution >= 0.6 is 15.9 Å². The third-order valence-electron chi connectivity index (χ3n) is 3.10. The van der Waals surface area contributed by atoms with Crippen molar-refractivity contribution < 1.29 is 14.3 Å². The molecule has 1 N–H and O–H groups in total. The van der Waals surface area contributed by atoms with E-state index >= 15 is 0 Å². The van der Waals surface area contributed by atoms with Gasteiger partial charge in [-0.3, -0.25) is 4.79 Å². The van der Waals surface area contributed by atoms with Gasteiger partial charge in [0.05, 0.1) is 12.3 Å². The maximum absolute atomic E-state index is 11.8. The lowest BCUT2D eigenvalue weighted by atomic mass is 10.1. The molecule has 0 radical (unpaired) electrons. The predicted molar refractivity (Wildman–Crippen MR) is 97.6 cm³/mol. The van der Waals surface area contributed by atoms with E-state index < -0.39 is 0 Å². The first-order valence-corrected chi connectivity index (χ1v) is 8.32. The summed E-state index contributed by atoms with van der Waals surface area (Å²) in [4.78, 5) is 11.8. The number of carbonyl (C=O) groups excluding carboxylic acids is 1. The zero-order valence-electron chi connectivity index (χ0n) is 13.6. The molecule has 0 saturated carbocycles. The second-order valence-corrected chi connectivity index (χ2v) is 5.85. The molecule has 0 aliphatic heterocycles. The quantitative estimate of drug-likeness (QED) is 0.578. The normalized spacial score (nSPS) is 11.0. The lowest BCUT2D eigenvalue weighted by molar-refractivity contribution is -0.123. The number of hydrogen-bond donors (Lipinski definition) is 1. The summed E-state index contributed by atoms with van der Waals surface area (Å²) in [5, 5.41) is 4.09. The second-order valence-electron chi connectivity index (χ2n) is 4.94. The van der Waals surface area contributed by atoms with Gasteiger partial charge in [-0.25, -0.2) is 5.43 Å². The van der Waals surface area contributed by atoms with E-state index in [1.807, 2.05) is 50.2 Å². The molecule has 2 aromatic carbocycles. The van der Waals surface area contributed by atoms with Gasteiger partial charge in [-0.2, -0.15) is 5.10 Å². The van der Waals surface area contributed by atoms with Crippen LogP contribution in [0.25, 0.3) is 0 Å². The minimum atomic E-state index is -0.319. The van der Waals surface area contributed by atoms with Crippen molar-refractivity contribution in [2.45, 2.75) is 13.8 Å². The van der Waals surface area contributed by atoms with E-state index in [-0.39, 0.29) is 12.5 Å². The minimum absolute atomic E-state index is 0.101. The molecule has 0 aliphatic carbocycles. The lowest BCUT2D eigenvalue weighted by Crippen LogP contribution is -2.25. The molecule has 0 bridgehead atoms. The van der Waals surface area contributed by atoms with Crippen molar-refractivity contribution in [2.75, 3.05) is 13.2 Å². The molecule has 0 fully saturated rings. The molecule has 5 nitrogen and oxygen atoms in total. The highest BCUT2D eigenvalue weighted by atomic mass is 79.9. The summed E-state index contributed by atoms with van der Waals surface area (Å²) < 4.78 is 11.7. The summed E-state index contributed by atoms with van der Waals surface area (Å²) in [6.07, 6.45) is 0. The standard InChI is InChI=1S/C18H19BrN2O3/c1-3-23-16-9-7-14(8-10-16)13(2)20-21-18(22)12-24-17-6-4-5-15(19)11-17/h4-11H,3,12H2,1-2H3,(H,21,22)/b20-13-. The third-order valence-corrected chi connectivity index (χ3v) is 3.59. The van der Waals surface area contributed by atoms with Crippen molar-refractivity contribution in [1.29, 1.82) is 0 Å². The van der Waals surface area contributed by atoms with E-state index in [2.05, 4.69) is 26.5 Å². The van der Waals surface area contributed by atoms with Crippen LogP contribution in [0.1, 0.15) is 19.4 Å². The van der Waals surface area contributed by atoms with Gasteiger partial charge in [0.1, 0.15) is 11.5 Å². The summed E-state index contributed by atoms with van der Waals surface area (Å²) in [7, 11) is 0. The average molecular weight is 391 g/mol. The Morgan fingerprint density at radius 2 is 1.88 bits per heavy atom. The molecule has 2 aromatic rings. The van der Waals surface area contributed by atoms with Gasteiger partial charge in [0.2, 0.25) is 0 Å². The summed E-state index contributed by atoms with van der Waals surface area (Å²) in [6, 6.07) is 14.8. The fourth-order valence-electron chi connectivity index (χ4n) is 1.91. The lowest BCUT2D eigenvalue weighted by Gasteiger charge is -2.07. The maximum atomic E-state index is 11.8. The molecule has 2 rings (SSSR count). The Labute approximate surface area is 149 Å². The first-order valence-electron chi connectivity index (χ1n) is 7.53. The molecule has 0 atom stereocenters. The van der Waals surface area contributed by atoms with Gasteiger partial charge in [-0.1, -0.05) is 22.0 Å². The first kappa shape index (κ1) is 18.0. The van der Waals surface area contributed by atoms with Crippen molar-refractivity contribution in [3.05, 3.63) is 58.6 Å². The van der Waals surface area contributed by atoms with Gasteiger partial charge in [0, 0.05) is 4.47 Å². The van der Waals surface area contributed by atoms with E-state index in [9.17, 15) is 4.79 Å². The fraction of sp³-hybridized carbons (Fsp3) is 0.222. The van der Waals surface area contributed by atoms with Crippen molar-refractivity contribution >= 4 is 27.5 Å². The predicted octanol–water partition coefficient (Wildman–Crippen LogP) is 3.77. The molecule has 0 saturated heterocycles. The number of amides is 1. The molecule has 0 unspecified atom stereocenters. The summed E-state index contributed by atoms with van der Waals surface area (Å²) in [5.41, 5.74) is 4.10. The Balaban J connectivity index is 1.85. The van der Waals surface area contributed by atoms with Crippen molar-refractivity contribution in [1.82, 2.24) is 5.43 Å². The topological polar surface area (TPSA) is 59.9 Å². The highest BCUT2D eigenvalue weighted by Crippen LogP contribution is 2.17. The molecule has 0 aromatic heterocycles. The van der Waals surface area contributed by atoms with E-state index in [0.29, 0.717) is 18.1 Å². The highest BCUT2D eigenvalue weighted by Gasteiger charge is 2.04. The van der Waals surface area contributed by atoms with Gasteiger partial charge < -0.3 is 9.47 Å². The Kier molecular flexibility index (Phi) is 6.81. The molecule has 0 heterocycles. The number of benzene rings is 2. The Bertz CT molecular complexity index is 714. The van der Waals surface area contributed by atoms with Crippen molar-refractivity contribution in [2.24, 2.45) is 5.10 Å². The van der Waals surface area contributed by atoms with Crippen molar-refractivity contribution in [3.63, 3.8) is 0 Å². The zero-order chi connectivity index (χ0) is 17.4. The van der Waals surface area contributed by atoms with Gasteiger partial charge in [-0.05, 0) is 61.9 Å². The van der Waals surface area contributed by atoms with Crippen LogP contribution in [0, 0.1) is 0 Å². The average Bonchev–Trinajstić information content (AvgIpc) is 2.59. The molecular formula is C18H19BrN2O3. The maximum Gasteiger partial charge on any atom is 0.277 e. The van der Waals surface area contributed by atoms with Gasteiger partial charge in [0.15, 0.2) is 6.61 Å². The molecular weight excluding hydrogens is 372 g/mol. The Morgan fingerprint density at radius 3 is 2.54 bits per heavy atom. The van der Waals surface area contributed by atoms with Crippen LogP contribution in [-0.4, -0.2) is 24.8 Å². The van der Waals surface area contributed by atoms with Crippen LogP contribution in [0.2, 0.25) is 0 Å². The number of ether oxygens (including phenoxy) is 2. The SMILES string of the molecule is CCOc1ccc(/C(C)=N\NC(=O)COc2cccc(Br)c2)cc1. The summed E-state index contributed by atoms with van der Waals surface area (Å²) >= 11 is 3.35. The number of hydrazone groups is 1. The number of hydrogen-bond acceptors (Lipinski definition) is 4. The Hall–Kier alpha value is -2.34. The van der Waals surface area contributed by atoms with E-state index in [1.54, 1.807) is 12.1 Å². The molecule has 126 valence electrons. The summed E-state index contributed by atoms with van der Waals surface area (Å²) in [5.74, 6) is 1.10. The number of rotatable bonds is 7. The van der Waals surface area contributed by atoms with Crippen LogP contribution < -0.4 is 14.9 Å². The van der Waals surface area contributed by atoms with Gasteiger partial charge in [0.25, 0.3) is 5.91 Å². The van der Waals surface area contributed by atoms with E-state index in [1.165, 1.54) is 0 Å². The minimum Gasteiger partial charge on any atom is -0.494 e. The molecule has 0 aliphatic rings. The summed E-state index contributed by atoms with van der Waals surface area (Å²) in [6.45, 7) is 4.29. The number of nitrogens with zero attached hydrogens (tertiary/aromatic N) is 1. The van der Waals surface area contributed by atoms with Crippen LogP contribution in [0.4, 0.5) is 0 Å². The largest absolute Gasteiger partial charge is 0.494 e. The molecule has 0 spiro atoms. The van der Waals surface area contributed by atoms with Gasteiger partial charge >= 0.3 is 0 Å².